The van der Waals surface area contributed by atoms with Crippen LogP contribution < -0.4 is 5.73 Å². The highest BCUT2D eigenvalue weighted by atomic mass is 16.5. The van der Waals surface area contributed by atoms with Gasteiger partial charge in [-0.05, 0) is 27.2 Å². The van der Waals surface area contributed by atoms with Crippen LogP contribution in [0.25, 0.3) is 0 Å². The minimum absolute atomic E-state index is 0. The molecule has 0 aliphatic rings. The van der Waals surface area contributed by atoms with E-state index in [2.05, 4.69) is 11.7 Å². The van der Waals surface area contributed by atoms with Crippen molar-refractivity contribution in [1.29, 1.82) is 0 Å². The summed E-state index contributed by atoms with van der Waals surface area (Å²) in [5.41, 5.74) is 5.35. The lowest BCUT2D eigenvalue weighted by Gasteiger charge is -2.06. The number of hydrogen-bond acceptors (Lipinski definition) is 3. The average molecular weight is 189 g/mol. The van der Waals surface area contributed by atoms with Crippen LogP contribution in [0, 0.1) is 0 Å². The monoisotopic (exact) mass is 189 g/mol. The van der Waals surface area contributed by atoms with Crippen molar-refractivity contribution in [3.8, 4) is 0 Å². The lowest BCUT2D eigenvalue weighted by Crippen LogP contribution is -2.26. The van der Waals surface area contributed by atoms with E-state index in [1.54, 1.807) is 0 Å². The molecule has 0 radical (unpaired) electrons. The van der Waals surface area contributed by atoms with Crippen LogP contribution >= 0.6 is 0 Å². The number of hydrogen-bond donors (Lipinski definition) is 1. The van der Waals surface area contributed by atoms with Gasteiger partial charge in [-0.15, -0.1) is 0 Å². The second-order valence-electron chi connectivity index (χ2n) is 4.06. The number of ether oxygens (including phenoxy) is 1. The van der Waals surface area contributed by atoms with Crippen LogP contribution in [-0.4, -0.2) is 18.1 Å². The van der Waals surface area contributed by atoms with E-state index in [0.717, 1.165) is 12.8 Å². The normalized spacial score (nSPS) is 10.0. The molecule has 3 nitrogen and oxygen atoms in total. The number of carbonyl (C=O) groups is 1. The number of nitrogens with two attached hydrogens (primary N) is 1. The van der Waals surface area contributed by atoms with Crippen molar-refractivity contribution < 1.29 is 9.53 Å². The molecule has 0 rings (SSSR count). The van der Waals surface area contributed by atoms with E-state index in [0.29, 0.717) is 6.61 Å². The molecule has 0 heterocycles. The Hall–Kier alpha value is -0.570. The van der Waals surface area contributed by atoms with Gasteiger partial charge in [0.2, 0.25) is 0 Å². The van der Waals surface area contributed by atoms with Crippen LogP contribution in [-0.2, 0) is 9.53 Å². The van der Waals surface area contributed by atoms with Gasteiger partial charge in [-0.25, -0.2) is 0 Å². The summed E-state index contributed by atoms with van der Waals surface area (Å²) in [7, 11) is 0. The van der Waals surface area contributed by atoms with Gasteiger partial charge in [-0.3, -0.25) is 4.79 Å². The third kappa shape index (κ3) is 51.8. The number of carbonyl (C=O) groups excluding carboxylic acids is 1. The Morgan fingerprint density at radius 1 is 1.38 bits per heavy atom. The molecule has 0 unspecified atom stereocenters. The van der Waals surface area contributed by atoms with E-state index in [1.165, 1.54) is 6.92 Å². The van der Waals surface area contributed by atoms with Crippen molar-refractivity contribution in [3.63, 3.8) is 0 Å². The zero-order valence-corrected chi connectivity index (χ0v) is 9.52. The average Bonchev–Trinajstić information content (AvgIpc) is 1.83. The summed E-state index contributed by atoms with van der Waals surface area (Å²) < 4.78 is 4.64. The standard InChI is InChI=1S/C6H12O2.C4H11N/c1-3-4-5-8-6(2)7;1-4(2,3)5/h3-5H2,1-2H3;5H2,1-3H3. The molecule has 0 aliphatic heterocycles. The van der Waals surface area contributed by atoms with E-state index in [9.17, 15) is 4.79 Å². The van der Waals surface area contributed by atoms with Crippen LogP contribution in [0.5, 0.6) is 0 Å². The lowest BCUT2D eigenvalue weighted by molar-refractivity contribution is -0.141. The molecule has 0 aromatic heterocycles. The first-order chi connectivity index (χ1) is 5.77. The first-order valence-electron chi connectivity index (χ1n) is 4.69. The molecule has 13 heavy (non-hydrogen) atoms. The first kappa shape index (κ1) is 14.9. The molecule has 0 amide bonds. The Morgan fingerprint density at radius 3 is 2.00 bits per heavy atom. The van der Waals surface area contributed by atoms with Crippen molar-refractivity contribution >= 4 is 5.97 Å². The van der Waals surface area contributed by atoms with Crippen molar-refractivity contribution in [3.05, 3.63) is 0 Å². The fraction of sp³-hybridized carbons (Fsp3) is 0.900. The zero-order valence-electron chi connectivity index (χ0n) is 9.52. The highest BCUT2D eigenvalue weighted by molar-refractivity contribution is 5.65. The van der Waals surface area contributed by atoms with Crippen LogP contribution in [0.1, 0.15) is 47.5 Å². The Bertz CT molecular complexity index is 121. The summed E-state index contributed by atoms with van der Waals surface area (Å²) >= 11 is 0. The molecular weight excluding hydrogens is 166 g/mol. The van der Waals surface area contributed by atoms with Crippen molar-refractivity contribution in [2.75, 3.05) is 6.61 Å². The summed E-state index contributed by atoms with van der Waals surface area (Å²) in [6, 6.07) is 0. The van der Waals surface area contributed by atoms with Crippen LogP contribution in [0.3, 0.4) is 0 Å². The molecule has 0 spiro atoms. The quantitative estimate of drug-likeness (QED) is 0.546. The molecule has 0 bridgehead atoms. The summed E-state index contributed by atoms with van der Waals surface area (Å²) in [5.74, 6) is -0.182. The Labute approximate surface area is 81.6 Å². The smallest absolute Gasteiger partial charge is 0.302 e. The molecule has 3 heteroatoms. The van der Waals surface area contributed by atoms with Crippen molar-refractivity contribution in [2.24, 2.45) is 5.73 Å². The molecule has 2 N–H and O–H groups in total. The second-order valence-corrected chi connectivity index (χ2v) is 4.06. The molecule has 0 saturated carbocycles. The van der Waals surface area contributed by atoms with Gasteiger partial charge in [0.1, 0.15) is 0 Å². The minimum atomic E-state index is -0.182. The summed E-state index contributed by atoms with van der Waals surface area (Å²) in [6.07, 6.45) is 2.05. The largest absolute Gasteiger partial charge is 0.466 e. The topological polar surface area (TPSA) is 52.3 Å². The SMILES string of the molecule is CC(C)(C)N.CCCCOC(C)=O. The van der Waals surface area contributed by atoms with Gasteiger partial charge in [-0.2, -0.15) is 0 Å². The number of rotatable bonds is 3. The maximum absolute atomic E-state index is 10.1. The van der Waals surface area contributed by atoms with Gasteiger partial charge < -0.3 is 10.5 Å². The molecule has 0 aromatic rings. The summed E-state index contributed by atoms with van der Waals surface area (Å²) in [4.78, 5) is 10.1. The van der Waals surface area contributed by atoms with E-state index >= 15 is 0 Å². The van der Waals surface area contributed by atoms with E-state index < -0.39 is 0 Å². The molecule has 80 valence electrons. The van der Waals surface area contributed by atoms with Crippen LogP contribution in [0.4, 0.5) is 0 Å². The van der Waals surface area contributed by atoms with E-state index in [4.69, 9.17) is 5.73 Å². The highest BCUT2D eigenvalue weighted by Crippen LogP contribution is 1.88. The van der Waals surface area contributed by atoms with Crippen LogP contribution in [0.2, 0.25) is 0 Å². The fourth-order valence-corrected chi connectivity index (χ4v) is 0.360. The molecule has 0 aromatic carbocycles. The third-order valence-electron chi connectivity index (χ3n) is 0.803. The number of esters is 1. The van der Waals surface area contributed by atoms with Gasteiger partial charge in [-0.1, -0.05) is 13.3 Å². The Balaban J connectivity index is 0. The Kier molecular flexibility index (Phi) is 9.24. The molecule has 0 saturated heterocycles. The third-order valence-corrected chi connectivity index (χ3v) is 0.803. The first-order valence-corrected chi connectivity index (χ1v) is 4.69. The molecule has 0 aliphatic carbocycles. The number of unbranched alkanes of at least 4 members (excludes halogenated alkanes) is 1. The molecule has 0 atom stereocenters. The molecule has 0 fully saturated rings. The van der Waals surface area contributed by atoms with Crippen LogP contribution in [0.15, 0.2) is 0 Å². The van der Waals surface area contributed by atoms with Crippen molar-refractivity contribution in [1.82, 2.24) is 0 Å². The summed E-state index contributed by atoms with van der Waals surface area (Å²) in [5, 5.41) is 0. The maximum Gasteiger partial charge on any atom is 0.302 e. The van der Waals surface area contributed by atoms with Gasteiger partial charge >= 0.3 is 5.97 Å². The lowest BCUT2D eigenvalue weighted by atomic mass is 10.1. The van der Waals surface area contributed by atoms with Gasteiger partial charge in [0.25, 0.3) is 0 Å². The molecular formula is C10H23NO2. The van der Waals surface area contributed by atoms with Gasteiger partial charge in [0.15, 0.2) is 0 Å². The Morgan fingerprint density at radius 2 is 1.77 bits per heavy atom. The van der Waals surface area contributed by atoms with E-state index in [1.807, 2.05) is 20.8 Å². The van der Waals surface area contributed by atoms with Crippen molar-refractivity contribution in [2.45, 2.75) is 53.0 Å². The van der Waals surface area contributed by atoms with Gasteiger partial charge in [0.05, 0.1) is 6.61 Å². The summed E-state index contributed by atoms with van der Waals surface area (Å²) in [6.45, 7) is 9.96. The predicted molar refractivity (Wildman–Crippen MR) is 55.5 cm³/mol. The maximum atomic E-state index is 10.1. The predicted octanol–water partition coefficient (Wildman–Crippen LogP) is 2.09. The van der Waals surface area contributed by atoms with E-state index in [-0.39, 0.29) is 11.5 Å². The van der Waals surface area contributed by atoms with Gasteiger partial charge in [0, 0.05) is 12.5 Å². The second kappa shape index (κ2) is 8.05. The fourth-order valence-electron chi connectivity index (χ4n) is 0.360. The zero-order chi connectivity index (χ0) is 10.9. The minimum Gasteiger partial charge on any atom is -0.466 e. The highest BCUT2D eigenvalue weighted by Gasteiger charge is 1.95.